The van der Waals surface area contributed by atoms with E-state index in [2.05, 4.69) is 4.72 Å². The van der Waals surface area contributed by atoms with Crippen LogP contribution in [0.3, 0.4) is 0 Å². The summed E-state index contributed by atoms with van der Waals surface area (Å²) in [4.78, 5) is 0. The third kappa shape index (κ3) is 3.71. The Morgan fingerprint density at radius 3 is 2.35 bits per heavy atom. The van der Waals surface area contributed by atoms with Gasteiger partial charge in [0.2, 0.25) is 10.0 Å². The van der Waals surface area contributed by atoms with Gasteiger partial charge in [-0.1, -0.05) is 6.07 Å². The van der Waals surface area contributed by atoms with E-state index in [-0.39, 0.29) is 12.3 Å². The Kier molecular flexibility index (Phi) is 4.54. The van der Waals surface area contributed by atoms with Crippen LogP contribution in [0.2, 0.25) is 0 Å². The number of ether oxygens (including phenoxy) is 1. The van der Waals surface area contributed by atoms with Crippen molar-refractivity contribution in [3.8, 4) is 5.75 Å². The van der Waals surface area contributed by atoms with Crippen molar-refractivity contribution >= 4 is 10.0 Å². The van der Waals surface area contributed by atoms with E-state index in [1.54, 1.807) is 14.0 Å². The van der Waals surface area contributed by atoms with E-state index in [1.807, 2.05) is 26.0 Å². The van der Waals surface area contributed by atoms with Crippen molar-refractivity contribution in [2.45, 2.75) is 27.3 Å². The Labute approximate surface area is 103 Å². The van der Waals surface area contributed by atoms with Crippen LogP contribution in [0.1, 0.15) is 23.6 Å². The van der Waals surface area contributed by atoms with Gasteiger partial charge in [0.05, 0.1) is 12.9 Å². The number of methoxy groups -OCH3 is 1. The van der Waals surface area contributed by atoms with Crippen molar-refractivity contribution in [1.82, 2.24) is 4.72 Å². The van der Waals surface area contributed by atoms with Crippen LogP contribution in [0.5, 0.6) is 5.75 Å². The quantitative estimate of drug-likeness (QED) is 0.874. The molecule has 1 N–H and O–H groups in total. The van der Waals surface area contributed by atoms with Gasteiger partial charge in [0.15, 0.2) is 0 Å². The van der Waals surface area contributed by atoms with Crippen LogP contribution in [0.15, 0.2) is 12.1 Å². The van der Waals surface area contributed by atoms with Gasteiger partial charge < -0.3 is 4.74 Å². The molecule has 0 unspecified atom stereocenters. The fourth-order valence-electron chi connectivity index (χ4n) is 1.47. The summed E-state index contributed by atoms with van der Waals surface area (Å²) in [5.41, 5.74) is 3.10. The molecule has 0 saturated heterocycles. The molecule has 1 rings (SSSR count). The zero-order chi connectivity index (χ0) is 13.1. The van der Waals surface area contributed by atoms with Crippen molar-refractivity contribution in [1.29, 1.82) is 0 Å². The summed E-state index contributed by atoms with van der Waals surface area (Å²) in [5, 5.41) is 0. The summed E-state index contributed by atoms with van der Waals surface area (Å²) in [6.07, 6.45) is 0. The highest BCUT2D eigenvalue weighted by atomic mass is 32.2. The summed E-state index contributed by atoms with van der Waals surface area (Å²) in [6, 6.07) is 3.87. The SMILES string of the molecule is CCS(=O)(=O)NCc1cc(C)c(C)cc1OC. The van der Waals surface area contributed by atoms with Crippen LogP contribution in [0, 0.1) is 13.8 Å². The normalized spacial score (nSPS) is 11.5. The van der Waals surface area contributed by atoms with Gasteiger partial charge in [-0.2, -0.15) is 0 Å². The second-order valence-corrected chi connectivity index (χ2v) is 6.07. The number of rotatable bonds is 5. The first-order chi connectivity index (χ1) is 7.89. The number of aryl methyl sites for hydroxylation is 2. The van der Waals surface area contributed by atoms with E-state index in [0.29, 0.717) is 5.75 Å². The molecule has 0 heterocycles. The molecule has 0 atom stereocenters. The number of sulfonamides is 1. The van der Waals surface area contributed by atoms with Crippen molar-refractivity contribution in [2.75, 3.05) is 12.9 Å². The predicted molar refractivity (Wildman–Crippen MR) is 68.8 cm³/mol. The Balaban J connectivity index is 2.94. The minimum atomic E-state index is -3.17. The molecule has 0 radical (unpaired) electrons. The maximum absolute atomic E-state index is 11.4. The third-order valence-electron chi connectivity index (χ3n) is 2.76. The van der Waals surface area contributed by atoms with Crippen LogP contribution < -0.4 is 9.46 Å². The molecule has 0 bridgehead atoms. The Hall–Kier alpha value is -1.07. The Morgan fingerprint density at radius 2 is 1.82 bits per heavy atom. The summed E-state index contributed by atoms with van der Waals surface area (Å²) < 4.78 is 30.5. The molecule has 0 fully saturated rings. The van der Waals surface area contributed by atoms with Gasteiger partial charge >= 0.3 is 0 Å². The van der Waals surface area contributed by atoms with Crippen LogP contribution in [0.4, 0.5) is 0 Å². The summed E-state index contributed by atoms with van der Waals surface area (Å²) in [5.74, 6) is 0.798. The van der Waals surface area contributed by atoms with Crippen molar-refractivity contribution < 1.29 is 13.2 Å². The molecular weight excluding hydrogens is 238 g/mol. The summed E-state index contributed by atoms with van der Waals surface area (Å²) >= 11 is 0. The average Bonchev–Trinajstić information content (AvgIpc) is 2.30. The molecule has 0 saturated carbocycles. The van der Waals surface area contributed by atoms with Crippen molar-refractivity contribution in [3.63, 3.8) is 0 Å². The summed E-state index contributed by atoms with van der Waals surface area (Å²) in [6.45, 7) is 5.87. The highest BCUT2D eigenvalue weighted by molar-refractivity contribution is 7.89. The lowest BCUT2D eigenvalue weighted by molar-refractivity contribution is 0.408. The van der Waals surface area contributed by atoms with Gasteiger partial charge in [-0.25, -0.2) is 13.1 Å². The first-order valence-corrected chi connectivity index (χ1v) is 7.16. The standard InChI is InChI=1S/C12H19NO3S/c1-5-17(14,15)13-8-11-6-9(2)10(3)7-12(11)16-4/h6-7,13H,5,8H2,1-4H3. The minimum absolute atomic E-state index is 0.0835. The van der Waals surface area contributed by atoms with E-state index in [0.717, 1.165) is 16.7 Å². The van der Waals surface area contributed by atoms with Crippen molar-refractivity contribution in [3.05, 3.63) is 28.8 Å². The maximum Gasteiger partial charge on any atom is 0.211 e. The molecule has 0 aromatic heterocycles. The van der Waals surface area contributed by atoms with E-state index in [1.165, 1.54) is 0 Å². The fraction of sp³-hybridized carbons (Fsp3) is 0.500. The van der Waals surface area contributed by atoms with E-state index >= 15 is 0 Å². The Morgan fingerprint density at radius 1 is 1.24 bits per heavy atom. The third-order valence-corrected chi connectivity index (χ3v) is 4.10. The molecule has 0 aliphatic heterocycles. The second kappa shape index (κ2) is 5.51. The van der Waals surface area contributed by atoms with Crippen LogP contribution >= 0.6 is 0 Å². The predicted octanol–water partition coefficient (Wildman–Crippen LogP) is 1.75. The largest absolute Gasteiger partial charge is 0.496 e. The Bertz CT molecular complexity index is 495. The first kappa shape index (κ1) is 14.0. The second-order valence-electron chi connectivity index (χ2n) is 3.97. The van der Waals surface area contributed by atoms with Gasteiger partial charge in [-0.3, -0.25) is 0 Å². The van der Waals surface area contributed by atoms with Gasteiger partial charge in [0, 0.05) is 12.1 Å². The minimum Gasteiger partial charge on any atom is -0.496 e. The molecule has 1 aromatic rings. The highest BCUT2D eigenvalue weighted by Gasteiger charge is 2.10. The molecule has 5 heteroatoms. The van der Waals surface area contributed by atoms with Gasteiger partial charge in [-0.15, -0.1) is 0 Å². The molecule has 17 heavy (non-hydrogen) atoms. The zero-order valence-corrected chi connectivity index (χ0v) is 11.5. The number of nitrogens with one attached hydrogen (secondary N) is 1. The molecular formula is C12H19NO3S. The molecule has 96 valence electrons. The number of hydrogen-bond donors (Lipinski definition) is 1. The molecule has 4 nitrogen and oxygen atoms in total. The van der Waals surface area contributed by atoms with E-state index in [9.17, 15) is 8.42 Å². The van der Waals surface area contributed by atoms with Gasteiger partial charge in [0.1, 0.15) is 5.75 Å². The van der Waals surface area contributed by atoms with Crippen molar-refractivity contribution in [2.24, 2.45) is 0 Å². The zero-order valence-electron chi connectivity index (χ0n) is 10.7. The van der Waals surface area contributed by atoms with Crippen LogP contribution in [-0.4, -0.2) is 21.3 Å². The van der Waals surface area contributed by atoms with Gasteiger partial charge in [-0.05, 0) is 38.0 Å². The lowest BCUT2D eigenvalue weighted by Gasteiger charge is -2.12. The highest BCUT2D eigenvalue weighted by Crippen LogP contribution is 2.22. The molecule has 1 aromatic carbocycles. The monoisotopic (exact) mass is 257 g/mol. The lowest BCUT2D eigenvalue weighted by Crippen LogP contribution is -2.25. The van der Waals surface area contributed by atoms with E-state index < -0.39 is 10.0 Å². The van der Waals surface area contributed by atoms with Crippen LogP contribution in [0.25, 0.3) is 0 Å². The van der Waals surface area contributed by atoms with Gasteiger partial charge in [0.25, 0.3) is 0 Å². The first-order valence-electron chi connectivity index (χ1n) is 5.51. The number of benzene rings is 1. The molecule has 0 aliphatic carbocycles. The van der Waals surface area contributed by atoms with Crippen LogP contribution in [-0.2, 0) is 16.6 Å². The fourth-order valence-corrected chi connectivity index (χ4v) is 2.05. The molecule has 0 aliphatic rings. The number of hydrogen-bond acceptors (Lipinski definition) is 3. The molecule has 0 spiro atoms. The maximum atomic E-state index is 11.4. The topological polar surface area (TPSA) is 55.4 Å². The smallest absolute Gasteiger partial charge is 0.211 e. The average molecular weight is 257 g/mol. The van der Waals surface area contributed by atoms with E-state index in [4.69, 9.17) is 4.74 Å². The molecule has 0 amide bonds. The summed E-state index contributed by atoms with van der Waals surface area (Å²) in [7, 11) is -1.59. The lowest BCUT2D eigenvalue weighted by atomic mass is 10.1.